The van der Waals surface area contributed by atoms with E-state index in [1.165, 1.54) is 16.3 Å². The molecular weight excluding hydrogens is 206 g/mol. The fourth-order valence-corrected chi connectivity index (χ4v) is 2.09. The van der Waals surface area contributed by atoms with Gasteiger partial charge in [0, 0.05) is 11.9 Å². The van der Waals surface area contributed by atoms with E-state index in [1.807, 2.05) is 7.05 Å². The van der Waals surface area contributed by atoms with Crippen molar-refractivity contribution in [3.8, 4) is 0 Å². The first-order valence-corrected chi connectivity index (χ1v) is 5.60. The van der Waals surface area contributed by atoms with E-state index in [9.17, 15) is 0 Å². The van der Waals surface area contributed by atoms with Gasteiger partial charge >= 0.3 is 0 Å². The number of nitrogens with one attached hydrogen (secondary N) is 1. The van der Waals surface area contributed by atoms with Crippen molar-refractivity contribution in [2.24, 2.45) is 0 Å². The van der Waals surface area contributed by atoms with Gasteiger partial charge in [-0.3, -0.25) is 0 Å². The zero-order chi connectivity index (χ0) is 10.7. The van der Waals surface area contributed by atoms with Gasteiger partial charge in [0.2, 0.25) is 0 Å². The Morgan fingerprint density at radius 2 is 1.87 bits per heavy atom. The molecular formula is C13H14ClN. The van der Waals surface area contributed by atoms with E-state index in [-0.39, 0.29) is 6.04 Å². The average molecular weight is 220 g/mol. The van der Waals surface area contributed by atoms with Crippen molar-refractivity contribution in [2.45, 2.75) is 6.04 Å². The van der Waals surface area contributed by atoms with Crippen LogP contribution >= 0.6 is 11.6 Å². The summed E-state index contributed by atoms with van der Waals surface area (Å²) in [5.74, 6) is 0.592. The van der Waals surface area contributed by atoms with E-state index in [0.29, 0.717) is 5.88 Å². The highest BCUT2D eigenvalue weighted by Crippen LogP contribution is 2.20. The Bertz CT molecular complexity index is 449. The van der Waals surface area contributed by atoms with Gasteiger partial charge in [-0.15, -0.1) is 11.6 Å². The van der Waals surface area contributed by atoms with Crippen molar-refractivity contribution in [1.82, 2.24) is 5.32 Å². The van der Waals surface area contributed by atoms with Crippen LogP contribution in [0.25, 0.3) is 10.8 Å². The van der Waals surface area contributed by atoms with Crippen molar-refractivity contribution in [1.29, 1.82) is 0 Å². The lowest BCUT2D eigenvalue weighted by atomic mass is 10.0. The van der Waals surface area contributed by atoms with Gasteiger partial charge in [0.1, 0.15) is 0 Å². The summed E-state index contributed by atoms with van der Waals surface area (Å²) < 4.78 is 0. The lowest BCUT2D eigenvalue weighted by molar-refractivity contribution is 0.659. The highest BCUT2D eigenvalue weighted by atomic mass is 35.5. The van der Waals surface area contributed by atoms with Gasteiger partial charge in [0.15, 0.2) is 0 Å². The van der Waals surface area contributed by atoms with Crippen LogP contribution in [0.1, 0.15) is 11.6 Å². The van der Waals surface area contributed by atoms with Gasteiger partial charge in [0.05, 0.1) is 0 Å². The summed E-state index contributed by atoms with van der Waals surface area (Å²) in [4.78, 5) is 0. The number of fused-ring (bicyclic) bond motifs is 1. The number of alkyl halides is 1. The molecule has 0 aliphatic carbocycles. The van der Waals surface area contributed by atoms with Crippen molar-refractivity contribution in [2.75, 3.05) is 12.9 Å². The lowest BCUT2D eigenvalue weighted by Crippen LogP contribution is -2.17. The second-order valence-corrected chi connectivity index (χ2v) is 3.91. The largest absolute Gasteiger partial charge is 0.312 e. The molecule has 0 fully saturated rings. The summed E-state index contributed by atoms with van der Waals surface area (Å²) in [6.07, 6.45) is 0. The summed E-state index contributed by atoms with van der Waals surface area (Å²) in [5, 5.41) is 5.73. The molecule has 0 amide bonds. The molecule has 2 aromatic carbocycles. The minimum absolute atomic E-state index is 0.233. The van der Waals surface area contributed by atoms with E-state index >= 15 is 0 Å². The summed E-state index contributed by atoms with van der Waals surface area (Å²) >= 11 is 5.89. The average Bonchev–Trinajstić information content (AvgIpc) is 2.30. The summed E-state index contributed by atoms with van der Waals surface area (Å²) in [6, 6.07) is 15.1. The first-order chi connectivity index (χ1) is 7.35. The number of rotatable bonds is 3. The first kappa shape index (κ1) is 10.5. The van der Waals surface area contributed by atoms with Gasteiger partial charge in [-0.25, -0.2) is 0 Å². The van der Waals surface area contributed by atoms with Crippen LogP contribution < -0.4 is 5.32 Å². The van der Waals surface area contributed by atoms with Crippen LogP contribution in [-0.4, -0.2) is 12.9 Å². The molecule has 0 saturated carbocycles. The number of hydrogen-bond acceptors (Lipinski definition) is 1. The third-order valence-corrected chi connectivity index (χ3v) is 2.99. The fourth-order valence-electron chi connectivity index (χ4n) is 1.76. The van der Waals surface area contributed by atoms with Gasteiger partial charge in [0.25, 0.3) is 0 Å². The SMILES string of the molecule is CNC(CCl)c1ccc2ccccc2c1. The third-order valence-electron chi connectivity index (χ3n) is 2.68. The minimum Gasteiger partial charge on any atom is -0.312 e. The molecule has 0 aliphatic heterocycles. The highest BCUT2D eigenvalue weighted by Gasteiger charge is 2.07. The maximum Gasteiger partial charge on any atom is 0.0455 e. The van der Waals surface area contributed by atoms with Crippen molar-refractivity contribution < 1.29 is 0 Å². The molecule has 2 heteroatoms. The summed E-state index contributed by atoms with van der Waals surface area (Å²) in [7, 11) is 1.93. The van der Waals surface area contributed by atoms with E-state index in [2.05, 4.69) is 47.8 Å². The van der Waals surface area contributed by atoms with Crippen molar-refractivity contribution in [3.05, 3.63) is 48.0 Å². The smallest absolute Gasteiger partial charge is 0.0455 e. The van der Waals surface area contributed by atoms with Crippen LogP contribution in [0.4, 0.5) is 0 Å². The Balaban J connectivity index is 2.46. The second-order valence-electron chi connectivity index (χ2n) is 3.60. The van der Waals surface area contributed by atoms with E-state index < -0.39 is 0 Å². The van der Waals surface area contributed by atoms with Gasteiger partial charge < -0.3 is 5.32 Å². The van der Waals surface area contributed by atoms with Crippen LogP contribution in [0.5, 0.6) is 0 Å². The van der Waals surface area contributed by atoms with Crippen LogP contribution in [0.15, 0.2) is 42.5 Å². The Labute approximate surface area is 95.1 Å². The van der Waals surface area contributed by atoms with E-state index in [0.717, 1.165) is 0 Å². The molecule has 15 heavy (non-hydrogen) atoms. The normalized spacial score (nSPS) is 12.9. The monoisotopic (exact) mass is 219 g/mol. The maximum absolute atomic E-state index is 5.89. The molecule has 0 bridgehead atoms. The lowest BCUT2D eigenvalue weighted by Gasteiger charge is -2.13. The first-order valence-electron chi connectivity index (χ1n) is 5.07. The molecule has 1 unspecified atom stereocenters. The third kappa shape index (κ3) is 2.14. The molecule has 0 heterocycles. The van der Waals surface area contributed by atoms with E-state index in [1.54, 1.807) is 0 Å². The quantitative estimate of drug-likeness (QED) is 0.781. The topological polar surface area (TPSA) is 12.0 Å². The zero-order valence-corrected chi connectivity index (χ0v) is 9.46. The Hall–Kier alpha value is -1.05. The maximum atomic E-state index is 5.89. The fraction of sp³-hybridized carbons (Fsp3) is 0.231. The highest BCUT2D eigenvalue weighted by molar-refractivity contribution is 6.18. The molecule has 0 radical (unpaired) electrons. The Morgan fingerprint density at radius 1 is 1.13 bits per heavy atom. The molecule has 0 aromatic heterocycles. The predicted molar refractivity (Wildman–Crippen MR) is 66.5 cm³/mol. The van der Waals surface area contributed by atoms with Crippen molar-refractivity contribution in [3.63, 3.8) is 0 Å². The number of halogens is 1. The van der Waals surface area contributed by atoms with Gasteiger partial charge in [-0.05, 0) is 29.4 Å². The summed E-state index contributed by atoms with van der Waals surface area (Å²) in [6.45, 7) is 0. The molecule has 0 aliphatic rings. The van der Waals surface area contributed by atoms with Crippen LogP contribution in [-0.2, 0) is 0 Å². The molecule has 1 N–H and O–H groups in total. The molecule has 78 valence electrons. The molecule has 2 rings (SSSR count). The van der Waals surface area contributed by atoms with Crippen LogP contribution in [0.2, 0.25) is 0 Å². The molecule has 1 atom stereocenters. The molecule has 0 saturated heterocycles. The molecule has 1 nitrogen and oxygen atoms in total. The predicted octanol–water partition coefficient (Wildman–Crippen LogP) is 3.34. The minimum atomic E-state index is 0.233. The van der Waals surface area contributed by atoms with Crippen LogP contribution in [0.3, 0.4) is 0 Å². The molecule has 0 spiro atoms. The molecule has 2 aromatic rings. The number of hydrogen-bond donors (Lipinski definition) is 1. The Morgan fingerprint density at radius 3 is 2.53 bits per heavy atom. The van der Waals surface area contributed by atoms with Crippen LogP contribution in [0, 0.1) is 0 Å². The van der Waals surface area contributed by atoms with Gasteiger partial charge in [-0.2, -0.15) is 0 Å². The zero-order valence-electron chi connectivity index (χ0n) is 8.70. The van der Waals surface area contributed by atoms with Crippen molar-refractivity contribution >= 4 is 22.4 Å². The summed E-state index contributed by atoms with van der Waals surface area (Å²) in [5.41, 5.74) is 1.24. The number of benzene rings is 2. The van der Waals surface area contributed by atoms with E-state index in [4.69, 9.17) is 11.6 Å². The second kappa shape index (κ2) is 4.65. The Kier molecular flexibility index (Phi) is 3.24. The standard InChI is InChI=1S/C13H14ClN/c1-15-13(9-14)12-7-6-10-4-2-3-5-11(10)8-12/h2-8,13,15H,9H2,1H3. The van der Waals surface area contributed by atoms with Gasteiger partial charge in [-0.1, -0.05) is 36.4 Å².